The molecule has 0 aromatic carbocycles. The number of aromatic nitrogens is 4. The number of aromatic amines is 1. The average molecular weight is 347 g/mol. The Morgan fingerprint density at radius 1 is 1.23 bits per heavy atom. The zero-order chi connectivity index (χ0) is 16.3. The number of fused-ring (bicyclic) bond motifs is 1. The molecule has 2 heterocycles. The standard InChI is InChI=1S/C12H16Cl2N6O2/c1-18-8(7-15-20(5-3-13)6-4-14)16-10-9(18)11(21)17-12(22)19(10)2/h7H,3-6H2,1-2H3,(H,17,21,22)/b15-7-. The first-order chi connectivity index (χ1) is 10.5. The maximum absolute atomic E-state index is 11.9. The van der Waals surface area contributed by atoms with Crippen molar-refractivity contribution < 1.29 is 0 Å². The second-order valence-electron chi connectivity index (χ2n) is 4.60. The number of hydrogen-bond acceptors (Lipinski definition) is 5. The van der Waals surface area contributed by atoms with Gasteiger partial charge in [-0.3, -0.25) is 19.4 Å². The van der Waals surface area contributed by atoms with Gasteiger partial charge in [-0.1, -0.05) is 0 Å². The molecule has 2 aromatic rings. The molecule has 0 amide bonds. The molecule has 8 nitrogen and oxygen atoms in total. The molecule has 0 aliphatic rings. The Morgan fingerprint density at radius 3 is 2.45 bits per heavy atom. The molecule has 0 aliphatic heterocycles. The highest BCUT2D eigenvalue weighted by Gasteiger charge is 2.13. The molecular weight excluding hydrogens is 331 g/mol. The zero-order valence-electron chi connectivity index (χ0n) is 12.2. The average Bonchev–Trinajstić information content (AvgIpc) is 2.80. The van der Waals surface area contributed by atoms with E-state index in [0.29, 0.717) is 41.8 Å². The summed E-state index contributed by atoms with van der Waals surface area (Å²) in [6.07, 6.45) is 1.52. The highest BCUT2D eigenvalue weighted by Crippen LogP contribution is 2.07. The molecule has 120 valence electrons. The first-order valence-electron chi connectivity index (χ1n) is 6.56. The fourth-order valence-corrected chi connectivity index (χ4v) is 2.39. The lowest BCUT2D eigenvalue weighted by Gasteiger charge is -2.15. The van der Waals surface area contributed by atoms with Crippen LogP contribution in [0.25, 0.3) is 11.2 Å². The minimum atomic E-state index is -0.509. The summed E-state index contributed by atoms with van der Waals surface area (Å²) in [7, 11) is 3.23. The number of rotatable bonds is 6. The van der Waals surface area contributed by atoms with Crippen LogP contribution in [0.15, 0.2) is 14.7 Å². The summed E-state index contributed by atoms with van der Waals surface area (Å²) in [5.41, 5.74) is -0.375. The van der Waals surface area contributed by atoms with Crippen molar-refractivity contribution in [1.29, 1.82) is 0 Å². The molecule has 0 aliphatic carbocycles. The van der Waals surface area contributed by atoms with E-state index >= 15 is 0 Å². The van der Waals surface area contributed by atoms with Crippen molar-refractivity contribution in [2.45, 2.75) is 0 Å². The van der Waals surface area contributed by atoms with Crippen molar-refractivity contribution in [1.82, 2.24) is 24.1 Å². The first kappa shape index (κ1) is 16.6. The van der Waals surface area contributed by atoms with E-state index in [2.05, 4.69) is 15.1 Å². The van der Waals surface area contributed by atoms with Gasteiger partial charge in [0.05, 0.1) is 6.21 Å². The van der Waals surface area contributed by atoms with Crippen LogP contribution in [0.2, 0.25) is 0 Å². The molecule has 0 atom stereocenters. The maximum atomic E-state index is 11.9. The number of hydrazone groups is 1. The minimum absolute atomic E-state index is 0.305. The van der Waals surface area contributed by atoms with Gasteiger partial charge in [0.2, 0.25) is 0 Å². The summed E-state index contributed by atoms with van der Waals surface area (Å²) < 4.78 is 2.86. The van der Waals surface area contributed by atoms with Crippen LogP contribution in [0.4, 0.5) is 0 Å². The Morgan fingerprint density at radius 2 is 1.86 bits per heavy atom. The predicted octanol–water partition coefficient (Wildman–Crippen LogP) is 0.0738. The molecule has 1 N–H and O–H groups in total. The Balaban J connectivity index is 2.47. The monoisotopic (exact) mass is 346 g/mol. The van der Waals surface area contributed by atoms with Gasteiger partial charge in [-0.15, -0.1) is 23.2 Å². The summed E-state index contributed by atoms with van der Waals surface area (Å²) in [5.74, 6) is 1.30. The summed E-state index contributed by atoms with van der Waals surface area (Å²) in [4.78, 5) is 30.0. The van der Waals surface area contributed by atoms with Crippen LogP contribution in [-0.2, 0) is 14.1 Å². The molecule has 0 radical (unpaired) electrons. The Kier molecular flexibility index (Phi) is 5.25. The quantitative estimate of drug-likeness (QED) is 0.455. The highest BCUT2D eigenvalue weighted by atomic mass is 35.5. The third-order valence-electron chi connectivity index (χ3n) is 3.19. The van der Waals surface area contributed by atoms with Crippen LogP contribution < -0.4 is 11.2 Å². The van der Waals surface area contributed by atoms with Crippen molar-refractivity contribution in [3.05, 3.63) is 26.7 Å². The lowest BCUT2D eigenvalue weighted by Crippen LogP contribution is -2.29. The van der Waals surface area contributed by atoms with Gasteiger partial charge in [-0.25, -0.2) is 9.78 Å². The molecule has 22 heavy (non-hydrogen) atoms. The van der Waals surface area contributed by atoms with Gasteiger partial charge in [0, 0.05) is 38.9 Å². The fraction of sp³-hybridized carbons (Fsp3) is 0.500. The molecular formula is C12H16Cl2N6O2. The van der Waals surface area contributed by atoms with Crippen LogP contribution in [-0.4, -0.2) is 55.2 Å². The third kappa shape index (κ3) is 3.17. The summed E-state index contributed by atoms with van der Waals surface area (Å²) >= 11 is 11.4. The topological polar surface area (TPSA) is 88.3 Å². The molecule has 0 saturated heterocycles. The van der Waals surface area contributed by atoms with E-state index in [1.54, 1.807) is 23.7 Å². The van der Waals surface area contributed by atoms with Gasteiger partial charge < -0.3 is 4.57 Å². The van der Waals surface area contributed by atoms with Crippen molar-refractivity contribution in [3.8, 4) is 0 Å². The number of alkyl halides is 2. The van der Waals surface area contributed by atoms with Crippen LogP contribution >= 0.6 is 23.2 Å². The minimum Gasteiger partial charge on any atom is -0.320 e. The van der Waals surface area contributed by atoms with Gasteiger partial charge in [-0.2, -0.15) is 5.10 Å². The molecule has 10 heteroatoms. The first-order valence-corrected chi connectivity index (χ1v) is 7.63. The van der Waals surface area contributed by atoms with Gasteiger partial charge in [0.25, 0.3) is 5.56 Å². The molecule has 0 spiro atoms. The van der Waals surface area contributed by atoms with E-state index in [4.69, 9.17) is 23.2 Å². The molecule has 2 aromatic heterocycles. The number of imidazole rings is 1. The number of halogens is 2. The summed E-state index contributed by atoms with van der Waals surface area (Å²) in [5, 5.41) is 5.98. The zero-order valence-corrected chi connectivity index (χ0v) is 13.7. The molecule has 0 saturated carbocycles. The molecule has 0 fully saturated rings. The van der Waals surface area contributed by atoms with Crippen molar-refractivity contribution in [2.75, 3.05) is 24.8 Å². The van der Waals surface area contributed by atoms with Crippen LogP contribution in [0.3, 0.4) is 0 Å². The van der Waals surface area contributed by atoms with Crippen molar-refractivity contribution in [3.63, 3.8) is 0 Å². The lowest BCUT2D eigenvalue weighted by atomic mass is 10.5. The second kappa shape index (κ2) is 6.97. The van der Waals surface area contributed by atoms with E-state index in [9.17, 15) is 9.59 Å². The van der Waals surface area contributed by atoms with E-state index in [1.807, 2.05) is 0 Å². The fourth-order valence-electron chi connectivity index (χ4n) is 2.00. The largest absolute Gasteiger partial charge is 0.329 e. The van der Waals surface area contributed by atoms with Gasteiger partial charge >= 0.3 is 5.69 Å². The normalized spacial score (nSPS) is 11.6. The van der Waals surface area contributed by atoms with E-state index < -0.39 is 11.2 Å². The van der Waals surface area contributed by atoms with Crippen LogP contribution in [0, 0.1) is 0 Å². The molecule has 0 unspecified atom stereocenters. The Labute approximate surface area is 136 Å². The van der Waals surface area contributed by atoms with Crippen LogP contribution in [0.1, 0.15) is 5.82 Å². The summed E-state index contributed by atoms with van der Waals surface area (Å²) in [6, 6.07) is 0. The SMILES string of the molecule is Cn1c(/C=N\N(CCCl)CCCl)nc2c1c(=O)[nH]c(=O)n2C. The number of nitrogens with zero attached hydrogens (tertiary/aromatic N) is 5. The smallest absolute Gasteiger partial charge is 0.320 e. The van der Waals surface area contributed by atoms with Gasteiger partial charge in [0.15, 0.2) is 17.0 Å². The van der Waals surface area contributed by atoms with E-state index in [0.717, 1.165) is 0 Å². The third-order valence-corrected chi connectivity index (χ3v) is 3.53. The Hall–Kier alpha value is -1.80. The van der Waals surface area contributed by atoms with E-state index in [1.165, 1.54) is 10.8 Å². The van der Waals surface area contributed by atoms with Crippen molar-refractivity contribution >= 4 is 40.6 Å². The van der Waals surface area contributed by atoms with E-state index in [-0.39, 0.29) is 0 Å². The molecule has 2 rings (SSSR count). The highest BCUT2D eigenvalue weighted by molar-refractivity contribution is 6.18. The predicted molar refractivity (Wildman–Crippen MR) is 87.2 cm³/mol. The second-order valence-corrected chi connectivity index (χ2v) is 5.35. The number of nitrogens with one attached hydrogen (secondary N) is 1. The molecule has 0 bridgehead atoms. The number of hydrogen-bond donors (Lipinski definition) is 1. The lowest BCUT2D eigenvalue weighted by molar-refractivity contribution is 0.327. The maximum Gasteiger partial charge on any atom is 0.329 e. The van der Waals surface area contributed by atoms with Gasteiger partial charge in [0.1, 0.15) is 0 Å². The number of aryl methyl sites for hydroxylation is 2. The summed E-state index contributed by atoms with van der Waals surface area (Å²) in [6.45, 7) is 1.10. The van der Waals surface area contributed by atoms with Crippen LogP contribution in [0.5, 0.6) is 0 Å². The Bertz CT molecular complexity index is 800. The number of H-pyrrole nitrogens is 1. The van der Waals surface area contributed by atoms with Crippen molar-refractivity contribution in [2.24, 2.45) is 19.2 Å². The van der Waals surface area contributed by atoms with Gasteiger partial charge in [-0.05, 0) is 0 Å².